The summed E-state index contributed by atoms with van der Waals surface area (Å²) in [5, 5.41) is 2.81. The largest absolute Gasteiger partial charge is 0.352 e. The first kappa shape index (κ1) is 15.9. The zero-order valence-corrected chi connectivity index (χ0v) is 11.6. The van der Waals surface area contributed by atoms with E-state index in [1.54, 1.807) is 12.1 Å². The summed E-state index contributed by atoms with van der Waals surface area (Å²) in [7, 11) is 0. The molecule has 3 nitrogen and oxygen atoms in total. The minimum atomic E-state index is -0.278. The molecule has 2 atom stereocenters. The first-order valence-corrected chi connectivity index (χ1v) is 6.42. The van der Waals surface area contributed by atoms with Crippen LogP contribution in [0, 0.1) is 11.7 Å². The maximum atomic E-state index is 12.9. The number of benzene rings is 1. The van der Waals surface area contributed by atoms with Gasteiger partial charge in [-0.1, -0.05) is 18.6 Å². The van der Waals surface area contributed by atoms with Gasteiger partial charge in [0.25, 0.3) is 0 Å². The molecule has 1 amide bonds. The standard InChI is InChI=1S/C14H19FN2O.ClH/c15-12-5-1-3-10(7-12)9-17-14(18)8-11-4-2-6-13(11)16;/h1,3,5,7,11,13H,2,4,6,8-9,16H2,(H,17,18);1H/t11-,13+;/m0./s1. The third-order valence-corrected chi connectivity index (χ3v) is 3.54. The molecule has 1 aliphatic rings. The van der Waals surface area contributed by atoms with Crippen LogP contribution in [0.5, 0.6) is 0 Å². The molecule has 1 aromatic rings. The monoisotopic (exact) mass is 286 g/mol. The Balaban J connectivity index is 0.00000180. The summed E-state index contributed by atoms with van der Waals surface area (Å²) in [5.74, 6) is 0.0266. The van der Waals surface area contributed by atoms with Crippen LogP contribution in [0.1, 0.15) is 31.2 Å². The molecule has 2 rings (SSSR count). The average molecular weight is 287 g/mol. The Morgan fingerprint density at radius 2 is 2.21 bits per heavy atom. The van der Waals surface area contributed by atoms with Gasteiger partial charge in [-0.3, -0.25) is 4.79 Å². The van der Waals surface area contributed by atoms with Crippen LogP contribution in [-0.2, 0) is 11.3 Å². The van der Waals surface area contributed by atoms with Gasteiger partial charge >= 0.3 is 0 Å². The van der Waals surface area contributed by atoms with Gasteiger partial charge in [0.05, 0.1) is 0 Å². The second kappa shape index (κ2) is 7.46. The van der Waals surface area contributed by atoms with Crippen LogP contribution in [0.25, 0.3) is 0 Å². The van der Waals surface area contributed by atoms with Crippen molar-refractivity contribution in [2.24, 2.45) is 11.7 Å². The molecule has 0 aliphatic heterocycles. The van der Waals surface area contributed by atoms with Crippen LogP contribution in [0.2, 0.25) is 0 Å². The van der Waals surface area contributed by atoms with Gasteiger partial charge in [0.2, 0.25) is 5.91 Å². The minimum absolute atomic E-state index is 0. The molecule has 0 unspecified atom stereocenters. The molecule has 1 saturated carbocycles. The molecule has 0 radical (unpaired) electrons. The summed E-state index contributed by atoms with van der Waals surface area (Å²) in [6.07, 6.45) is 3.65. The summed E-state index contributed by atoms with van der Waals surface area (Å²) >= 11 is 0. The quantitative estimate of drug-likeness (QED) is 0.893. The zero-order valence-electron chi connectivity index (χ0n) is 10.8. The van der Waals surface area contributed by atoms with E-state index in [0.717, 1.165) is 24.8 Å². The summed E-state index contributed by atoms with van der Waals surface area (Å²) in [6.45, 7) is 0.374. The second-order valence-corrected chi connectivity index (χ2v) is 4.97. The molecule has 106 valence electrons. The lowest BCUT2D eigenvalue weighted by Gasteiger charge is -2.14. The third kappa shape index (κ3) is 4.80. The second-order valence-electron chi connectivity index (χ2n) is 4.97. The van der Waals surface area contributed by atoms with Crippen LogP contribution >= 0.6 is 12.4 Å². The predicted molar refractivity (Wildman–Crippen MR) is 75.4 cm³/mol. The Hall–Kier alpha value is -1.13. The molecule has 0 aromatic heterocycles. The van der Waals surface area contributed by atoms with E-state index in [0.29, 0.717) is 18.9 Å². The van der Waals surface area contributed by atoms with E-state index in [1.165, 1.54) is 12.1 Å². The van der Waals surface area contributed by atoms with Crippen molar-refractivity contribution < 1.29 is 9.18 Å². The molecule has 0 spiro atoms. The highest BCUT2D eigenvalue weighted by molar-refractivity contribution is 5.85. The van der Waals surface area contributed by atoms with Gasteiger partial charge in [-0.2, -0.15) is 0 Å². The molecule has 3 N–H and O–H groups in total. The van der Waals surface area contributed by atoms with E-state index in [9.17, 15) is 9.18 Å². The summed E-state index contributed by atoms with van der Waals surface area (Å²) in [6, 6.07) is 6.42. The van der Waals surface area contributed by atoms with E-state index in [1.807, 2.05) is 0 Å². The van der Waals surface area contributed by atoms with E-state index in [2.05, 4.69) is 5.32 Å². The number of nitrogens with one attached hydrogen (secondary N) is 1. The zero-order chi connectivity index (χ0) is 13.0. The molecule has 1 aromatic carbocycles. The van der Waals surface area contributed by atoms with Crippen LogP contribution in [0.3, 0.4) is 0 Å². The Labute approximate surface area is 119 Å². The van der Waals surface area contributed by atoms with Gasteiger partial charge in [0, 0.05) is 19.0 Å². The van der Waals surface area contributed by atoms with Crippen LogP contribution in [0.4, 0.5) is 4.39 Å². The fourth-order valence-electron chi connectivity index (χ4n) is 2.48. The molecule has 0 saturated heterocycles. The van der Waals surface area contributed by atoms with Crippen molar-refractivity contribution in [2.75, 3.05) is 0 Å². The highest BCUT2D eigenvalue weighted by Crippen LogP contribution is 2.26. The Morgan fingerprint density at radius 3 is 2.84 bits per heavy atom. The van der Waals surface area contributed by atoms with Gasteiger partial charge in [-0.25, -0.2) is 4.39 Å². The maximum absolute atomic E-state index is 12.9. The fourth-order valence-corrected chi connectivity index (χ4v) is 2.48. The molecule has 0 heterocycles. The van der Waals surface area contributed by atoms with Crippen LogP contribution in [0.15, 0.2) is 24.3 Å². The molecular formula is C14H20ClFN2O. The number of rotatable bonds is 4. The first-order chi connectivity index (χ1) is 8.65. The highest BCUT2D eigenvalue weighted by atomic mass is 35.5. The summed E-state index contributed by atoms with van der Waals surface area (Å²) in [4.78, 5) is 11.7. The molecular weight excluding hydrogens is 267 g/mol. The first-order valence-electron chi connectivity index (χ1n) is 6.42. The number of hydrogen-bond acceptors (Lipinski definition) is 2. The number of carbonyl (C=O) groups is 1. The normalized spacial score (nSPS) is 21.8. The molecule has 5 heteroatoms. The minimum Gasteiger partial charge on any atom is -0.352 e. The number of halogens is 2. The molecule has 0 bridgehead atoms. The Morgan fingerprint density at radius 1 is 1.42 bits per heavy atom. The molecule has 1 fully saturated rings. The van der Waals surface area contributed by atoms with Crippen LogP contribution in [-0.4, -0.2) is 11.9 Å². The summed E-state index contributed by atoms with van der Waals surface area (Å²) in [5.41, 5.74) is 6.70. The van der Waals surface area contributed by atoms with Crippen molar-refractivity contribution in [1.29, 1.82) is 0 Å². The topological polar surface area (TPSA) is 55.1 Å². The van der Waals surface area contributed by atoms with Crippen molar-refractivity contribution >= 4 is 18.3 Å². The smallest absolute Gasteiger partial charge is 0.220 e. The lowest BCUT2D eigenvalue weighted by atomic mass is 10.00. The number of nitrogens with two attached hydrogens (primary N) is 1. The Kier molecular flexibility index (Phi) is 6.25. The fraction of sp³-hybridized carbons (Fsp3) is 0.500. The van der Waals surface area contributed by atoms with E-state index in [-0.39, 0.29) is 30.2 Å². The number of amides is 1. The maximum Gasteiger partial charge on any atom is 0.220 e. The third-order valence-electron chi connectivity index (χ3n) is 3.54. The van der Waals surface area contributed by atoms with Gasteiger partial charge in [-0.05, 0) is 36.5 Å². The number of carbonyl (C=O) groups excluding carboxylic acids is 1. The van der Waals surface area contributed by atoms with Crippen LogP contribution < -0.4 is 11.1 Å². The van der Waals surface area contributed by atoms with Crippen molar-refractivity contribution in [3.63, 3.8) is 0 Å². The van der Waals surface area contributed by atoms with Gasteiger partial charge < -0.3 is 11.1 Å². The van der Waals surface area contributed by atoms with Gasteiger partial charge in [0.15, 0.2) is 0 Å². The van der Waals surface area contributed by atoms with Crippen molar-refractivity contribution in [3.05, 3.63) is 35.6 Å². The van der Waals surface area contributed by atoms with E-state index < -0.39 is 0 Å². The van der Waals surface area contributed by atoms with E-state index >= 15 is 0 Å². The van der Waals surface area contributed by atoms with Crippen molar-refractivity contribution in [2.45, 2.75) is 38.3 Å². The molecule has 1 aliphatic carbocycles. The predicted octanol–water partition coefficient (Wildman–Crippen LogP) is 2.38. The SMILES string of the molecule is Cl.N[C@@H]1CCC[C@H]1CC(=O)NCc1cccc(F)c1. The highest BCUT2D eigenvalue weighted by Gasteiger charge is 2.25. The lowest BCUT2D eigenvalue weighted by Crippen LogP contribution is -2.31. The Bertz CT molecular complexity index is 428. The average Bonchev–Trinajstić information content (AvgIpc) is 2.73. The van der Waals surface area contributed by atoms with Crippen molar-refractivity contribution in [3.8, 4) is 0 Å². The summed E-state index contributed by atoms with van der Waals surface area (Å²) < 4.78 is 12.9. The van der Waals surface area contributed by atoms with Crippen molar-refractivity contribution in [1.82, 2.24) is 5.32 Å². The number of hydrogen-bond donors (Lipinski definition) is 2. The van der Waals surface area contributed by atoms with E-state index in [4.69, 9.17) is 5.73 Å². The van der Waals surface area contributed by atoms with Gasteiger partial charge in [-0.15, -0.1) is 12.4 Å². The van der Waals surface area contributed by atoms with Gasteiger partial charge in [0.1, 0.15) is 5.82 Å². The molecule has 19 heavy (non-hydrogen) atoms. The lowest BCUT2D eigenvalue weighted by molar-refractivity contribution is -0.122.